The van der Waals surface area contributed by atoms with Crippen molar-refractivity contribution in [3.8, 4) is 34.3 Å². The van der Waals surface area contributed by atoms with Gasteiger partial charge in [0.15, 0.2) is 42.4 Å². The number of aromatic hydroxyl groups is 1. The number of allylic oxidation sites excluding steroid dienone is 2. The predicted molar refractivity (Wildman–Crippen MR) is 222 cm³/mol. The van der Waals surface area contributed by atoms with Gasteiger partial charge in [-0.3, -0.25) is 19.2 Å². The molecule has 2 aromatic carbocycles. The molecule has 3 saturated heterocycles. The highest BCUT2D eigenvalue weighted by atomic mass is 16.8. The van der Waals surface area contributed by atoms with E-state index < -0.39 is 132 Å². The smallest absolute Gasteiger partial charge is 0.303 e. The lowest BCUT2D eigenvalue weighted by Gasteiger charge is -2.46. The first-order valence-electron chi connectivity index (χ1n) is 20.7. The first-order valence-corrected chi connectivity index (χ1v) is 20.7. The van der Waals surface area contributed by atoms with Crippen molar-refractivity contribution in [1.82, 2.24) is 0 Å². The fourth-order valence-corrected chi connectivity index (χ4v) is 7.71. The van der Waals surface area contributed by atoms with Crippen molar-refractivity contribution in [1.29, 1.82) is 0 Å². The molecule has 3 fully saturated rings. The van der Waals surface area contributed by atoms with E-state index in [1.54, 1.807) is 32.1 Å². The Hall–Kier alpha value is -5.24. The van der Waals surface area contributed by atoms with E-state index in [1.165, 1.54) is 33.3 Å². The number of fused-ring (bicyclic) bond motifs is 1. The van der Waals surface area contributed by atoms with Crippen LogP contribution in [0.15, 0.2) is 51.2 Å². The Kier molecular flexibility index (Phi) is 15.8. The minimum atomic E-state index is -2.04. The SMILES string of the molecule is COc1ccc(-c2oc3c(CC=C(C)C)c(O[C@@H]4O[C@H](OC)[C@@H](O)[C@H](O)[C@H]4O)cc(O)c3c(=O)c2O[C@@H]2O[C@@H](C)[C@H](OC(C)=O)[C@@H](O[C@@H]3O[C@H](C(C)=O)[C@@H](OC(C)=O)[C@H](O)[C@H]3O)[C@H]2O)cc1. The Balaban J connectivity index is 1.46. The van der Waals surface area contributed by atoms with Gasteiger partial charge < -0.3 is 87.5 Å². The van der Waals surface area contributed by atoms with Crippen LogP contribution in [0.5, 0.6) is 23.0 Å². The van der Waals surface area contributed by atoms with Gasteiger partial charge in [0, 0.05) is 38.2 Å². The summed E-state index contributed by atoms with van der Waals surface area (Å²) in [4.78, 5) is 51.6. The third-order valence-corrected chi connectivity index (χ3v) is 11.1. The standard InChI is InChI=1S/C44H54O22/c1-16(2)9-14-23-25(61-42-31(53)28(50)30(52)41(57-8)66-42)15-24(48)26-27(49)38(36(62-37(23)26)21-10-12-22(56-7)13-11-21)64-44-33(55)40(35(18(4)58-44)59-19(5)46)65-43-32(54)29(51)39(60-20(6)47)34(63-43)17(3)45/h9-13,15,18,28-35,39-44,48,50-55H,14H2,1-8H3/t18-,28-,29+,30-,31+,32+,33+,34+,35-,39-,40-,41-,42+,43-,44-/m0/s1. The summed E-state index contributed by atoms with van der Waals surface area (Å²) < 4.78 is 62.9. The minimum Gasteiger partial charge on any atom is -0.507 e. The summed E-state index contributed by atoms with van der Waals surface area (Å²) >= 11 is 0. The zero-order valence-electron chi connectivity index (χ0n) is 37.1. The number of esters is 2. The number of Topliss-reactive ketones (excluding diaryl/α,β-unsaturated/α-hetero) is 1. The molecule has 0 unspecified atom stereocenters. The number of carbonyl (C=O) groups excluding carboxylic acids is 3. The van der Waals surface area contributed by atoms with E-state index in [2.05, 4.69) is 0 Å². The highest BCUT2D eigenvalue weighted by molar-refractivity contribution is 5.91. The molecule has 0 amide bonds. The summed E-state index contributed by atoms with van der Waals surface area (Å²) in [6, 6.07) is 7.17. The Morgan fingerprint density at radius 1 is 0.712 bits per heavy atom. The molecular weight excluding hydrogens is 880 g/mol. The summed E-state index contributed by atoms with van der Waals surface area (Å²) in [5, 5.41) is 76.9. The van der Waals surface area contributed by atoms with E-state index in [-0.39, 0.29) is 34.6 Å². The Bertz CT molecular complexity index is 2320. The third kappa shape index (κ3) is 10.3. The van der Waals surface area contributed by atoms with Crippen molar-refractivity contribution >= 4 is 28.7 Å². The number of carbonyl (C=O) groups is 3. The first-order chi connectivity index (χ1) is 31.2. The number of phenols is 1. The number of aliphatic hydroxyl groups excluding tert-OH is 6. The van der Waals surface area contributed by atoms with Gasteiger partial charge in [-0.25, -0.2) is 0 Å². The van der Waals surface area contributed by atoms with Gasteiger partial charge in [0.2, 0.25) is 23.8 Å². The maximum atomic E-state index is 14.9. The lowest BCUT2D eigenvalue weighted by Crippen LogP contribution is -2.65. The van der Waals surface area contributed by atoms with Gasteiger partial charge in [0.05, 0.1) is 13.2 Å². The Morgan fingerprint density at radius 3 is 1.91 bits per heavy atom. The van der Waals surface area contributed by atoms with Crippen LogP contribution in [-0.4, -0.2) is 160 Å². The number of hydrogen-bond donors (Lipinski definition) is 7. The molecule has 66 heavy (non-hydrogen) atoms. The van der Waals surface area contributed by atoms with E-state index in [4.69, 9.17) is 51.8 Å². The molecule has 7 N–H and O–H groups in total. The van der Waals surface area contributed by atoms with Crippen LogP contribution in [-0.2, 0) is 54.0 Å². The number of aliphatic hydroxyl groups is 6. The topological polar surface area (TPSA) is 315 Å². The lowest BCUT2D eigenvalue weighted by molar-refractivity contribution is -0.345. The molecule has 22 nitrogen and oxygen atoms in total. The van der Waals surface area contributed by atoms with Gasteiger partial charge in [-0.05, 0) is 58.4 Å². The number of methoxy groups -OCH3 is 2. The first kappa shape index (κ1) is 50.2. The van der Waals surface area contributed by atoms with Crippen LogP contribution in [0.3, 0.4) is 0 Å². The summed E-state index contributed by atoms with van der Waals surface area (Å²) in [6.45, 7) is 8.17. The van der Waals surface area contributed by atoms with E-state index >= 15 is 0 Å². The van der Waals surface area contributed by atoms with Gasteiger partial charge in [-0.15, -0.1) is 0 Å². The van der Waals surface area contributed by atoms with Crippen molar-refractivity contribution in [2.24, 2.45) is 0 Å². The molecule has 3 aliphatic heterocycles. The van der Waals surface area contributed by atoms with E-state index in [0.717, 1.165) is 32.4 Å². The molecule has 6 rings (SSSR count). The van der Waals surface area contributed by atoms with Crippen LogP contribution < -0.4 is 19.6 Å². The van der Waals surface area contributed by atoms with Crippen molar-refractivity contribution < 1.29 is 102 Å². The number of phenolic OH excluding ortho intramolecular Hbond substituents is 1. The molecular formula is C44H54O22. The summed E-state index contributed by atoms with van der Waals surface area (Å²) in [7, 11) is 2.63. The average molecular weight is 935 g/mol. The monoisotopic (exact) mass is 934 g/mol. The molecule has 0 aliphatic carbocycles. The molecule has 0 radical (unpaired) electrons. The second-order valence-corrected chi connectivity index (χ2v) is 16.2. The van der Waals surface area contributed by atoms with Crippen LogP contribution in [0.1, 0.15) is 47.1 Å². The van der Waals surface area contributed by atoms with Crippen LogP contribution in [0.2, 0.25) is 0 Å². The number of hydrogen-bond acceptors (Lipinski definition) is 22. The van der Waals surface area contributed by atoms with Crippen molar-refractivity contribution in [2.45, 2.75) is 140 Å². The van der Waals surface area contributed by atoms with Gasteiger partial charge in [0.1, 0.15) is 70.9 Å². The van der Waals surface area contributed by atoms with Crippen LogP contribution in [0.4, 0.5) is 0 Å². The molecule has 0 spiro atoms. The maximum Gasteiger partial charge on any atom is 0.303 e. The predicted octanol–water partition coefficient (Wildman–Crippen LogP) is 0.242. The molecule has 0 saturated carbocycles. The zero-order valence-corrected chi connectivity index (χ0v) is 37.1. The molecule has 3 aromatic rings. The molecule has 3 aliphatic rings. The number of rotatable bonds is 14. The number of benzene rings is 2. The van der Waals surface area contributed by atoms with Crippen LogP contribution >= 0.6 is 0 Å². The Morgan fingerprint density at radius 2 is 1.32 bits per heavy atom. The highest BCUT2D eigenvalue weighted by Crippen LogP contribution is 2.42. The second kappa shape index (κ2) is 20.7. The quantitative estimate of drug-likeness (QED) is 0.0841. The molecule has 1 aromatic heterocycles. The van der Waals surface area contributed by atoms with Crippen molar-refractivity contribution in [2.75, 3.05) is 14.2 Å². The molecule has 362 valence electrons. The molecule has 0 bridgehead atoms. The highest BCUT2D eigenvalue weighted by Gasteiger charge is 2.54. The summed E-state index contributed by atoms with van der Waals surface area (Å²) in [6.07, 6.45) is -24.1. The van der Waals surface area contributed by atoms with Crippen molar-refractivity contribution in [3.63, 3.8) is 0 Å². The van der Waals surface area contributed by atoms with Gasteiger partial charge in [-0.1, -0.05) is 11.6 Å². The maximum absolute atomic E-state index is 14.9. The zero-order chi connectivity index (χ0) is 48.5. The fraction of sp³-hybridized carbons (Fsp3) is 0.545. The molecule has 4 heterocycles. The Labute approximate surface area is 376 Å². The van der Waals surface area contributed by atoms with Gasteiger partial charge in [-0.2, -0.15) is 0 Å². The second-order valence-electron chi connectivity index (χ2n) is 16.2. The molecule has 22 heteroatoms. The van der Waals surface area contributed by atoms with E-state index in [1.807, 2.05) is 0 Å². The largest absolute Gasteiger partial charge is 0.507 e. The summed E-state index contributed by atoms with van der Waals surface area (Å²) in [5.74, 6) is -3.85. The van der Waals surface area contributed by atoms with Gasteiger partial charge in [0.25, 0.3) is 0 Å². The molecule has 15 atom stereocenters. The van der Waals surface area contributed by atoms with Crippen LogP contribution in [0, 0.1) is 0 Å². The lowest BCUT2D eigenvalue weighted by atomic mass is 9.95. The van der Waals surface area contributed by atoms with E-state index in [0.29, 0.717) is 5.75 Å². The van der Waals surface area contributed by atoms with E-state index in [9.17, 15) is 54.9 Å². The fourth-order valence-electron chi connectivity index (χ4n) is 7.71. The van der Waals surface area contributed by atoms with Crippen molar-refractivity contribution in [3.05, 3.63) is 57.8 Å². The number of ether oxygens (including phenoxy) is 10. The minimum absolute atomic E-state index is 0.00421. The summed E-state index contributed by atoms with van der Waals surface area (Å²) in [5.41, 5.74) is -0.0851. The third-order valence-electron chi connectivity index (χ3n) is 11.1. The normalized spacial score (nSPS) is 32.2. The average Bonchev–Trinajstić information content (AvgIpc) is 3.26. The van der Waals surface area contributed by atoms with Gasteiger partial charge >= 0.3 is 11.9 Å². The van der Waals surface area contributed by atoms with Crippen LogP contribution in [0.25, 0.3) is 22.3 Å². The number of ketones is 1.